The van der Waals surface area contributed by atoms with E-state index >= 15 is 0 Å². The van der Waals surface area contributed by atoms with Gasteiger partial charge < -0.3 is 9.84 Å². The number of ether oxygens (including phenoxy) is 1. The van der Waals surface area contributed by atoms with Crippen molar-refractivity contribution in [1.29, 1.82) is 0 Å². The fourth-order valence-corrected chi connectivity index (χ4v) is 6.96. The van der Waals surface area contributed by atoms with Crippen molar-refractivity contribution in [3.63, 3.8) is 0 Å². The minimum absolute atomic E-state index is 0.328. The second-order valence-electron chi connectivity index (χ2n) is 8.54. The summed E-state index contributed by atoms with van der Waals surface area (Å²) in [7, 11) is 0. The predicted molar refractivity (Wildman–Crippen MR) is 124 cm³/mol. The topological polar surface area (TPSA) is 46.5 Å². The Morgan fingerprint density at radius 1 is 0.821 bits per heavy atom. The summed E-state index contributed by atoms with van der Waals surface area (Å²) in [5.74, 6) is 6.19. The molecule has 0 aliphatic carbocycles. The smallest absolute Gasteiger partial charge is 0.303 e. The highest BCUT2D eigenvalue weighted by Crippen LogP contribution is 2.47. The Morgan fingerprint density at radius 3 is 2.18 bits per heavy atom. The van der Waals surface area contributed by atoms with Crippen LogP contribution in [0.2, 0.25) is 0 Å². The van der Waals surface area contributed by atoms with Crippen LogP contribution in [0.15, 0.2) is 0 Å². The molecular formula is C23H42O3S2. The van der Waals surface area contributed by atoms with Crippen molar-refractivity contribution >= 4 is 29.5 Å². The highest BCUT2D eigenvalue weighted by atomic mass is 32.2. The molecule has 2 saturated heterocycles. The van der Waals surface area contributed by atoms with E-state index in [0.29, 0.717) is 18.6 Å². The second kappa shape index (κ2) is 15.0. The maximum atomic E-state index is 10.6. The summed E-state index contributed by atoms with van der Waals surface area (Å²) in [6.45, 7) is 2.27. The van der Waals surface area contributed by atoms with Crippen molar-refractivity contribution < 1.29 is 14.6 Å². The largest absolute Gasteiger partial charge is 0.481 e. The molecule has 2 heterocycles. The molecule has 4 atom stereocenters. The molecule has 164 valence electrons. The zero-order chi connectivity index (χ0) is 20.0. The van der Waals surface area contributed by atoms with Gasteiger partial charge in [0.15, 0.2) is 0 Å². The van der Waals surface area contributed by atoms with Crippen molar-refractivity contribution in [2.24, 2.45) is 11.8 Å². The normalized spacial score (nSPS) is 26.2. The number of rotatable bonds is 18. The average molecular weight is 431 g/mol. The summed E-state index contributed by atoms with van der Waals surface area (Å²) in [4.78, 5) is 10.6. The van der Waals surface area contributed by atoms with Crippen molar-refractivity contribution in [3.05, 3.63) is 0 Å². The Kier molecular flexibility index (Phi) is 13.1. The van der Waals surface area contributed by atoms with Crippen LogP contribution in [0, 0.1) is 11.8 Å². The molecule has 2 bridgehead atoms. The molecule has 3 nitrogen and oxygen atoms in total. The number of unbranched alkanes of at least 4 members (excludes halogenated alkanes) is 5. The summed E-state index contributed by atoms with van der Waals surface area (Å²) in [5, 5.41) is 8.72. The molecule has 0 unspecified atom stereocenters. The van der Waals surface area contributed by atoms with Gasteiger partial charge in [-0.05, 0) is 79.8 Å². The predicted octanol–water partition coefficient (Wildman–Crippen LogP) is 6.64. The molecule has 0 spiro atoms. The molecule has 1 N–H and O–H groups in total. The first-order valence-corrected chi connectivity index (χ1v) is 14.1. The summed E-state index contributed by atoms with van der Waals surface area (Å²) in [6, 6.07) is 0. The van der Waals surface area contributed by atoms with E-state index in [0.717, 1.165) is 24.7 Å². The molecule has 0 saturated carbocycles. The maximum absolute atomic E-state index is 10.6. The van der Waals surface area contributed by atoms with Crippen LogP contribution < -0.4 is 0 Å². The number of aliphatic carboxylic acids is 1. The van der Waals surface area contributed by atoms with Crippen LogP contribution >= 0.6 is 23.5 Å². The van der Waals surface area contributed by atoms with E-state index in [1.165, 1.54) is 87.2 Å². The Labute approximate surface area is 181 Å². The summed E-state index contributed by atoms with van der Waals surface area (Å²) in [6.07, 6.45) is 16.3. The van der Waals surface area contributed by atoms with Gasteiger partial charge in [-0.15, -0.1) is 0 Å². The fourth-order valence-electron chi connectivity index (χ4n) is 4.82. The first-order valence-electron chi connectivity index (χ1n) is 11.7. The van der Waals surface area contributed by atoms with Crippen LogP contribution in [-0.4, -0.2) is 46.3 Å². The summed E-state index contributed by atoms with van der Waals surface area (Å²) in [5.41, 5.74) is 0. The lowest BCUT2D eigenvalue weighted by molar-refractivity contribution is -0.137. The maximum Gasteiger partial charge on any atom is 0.303 e. The van der Waals surface area contributed by atoms with Gasteiger partial charge in [-0.1, -0.05) is 39.0 Å². The van der Waals surface area contributed by atoms with Gasteiger partial charge in [0.05, 0.1) is 12.2 Å². The SMILES string of the molecule is CCCCCSCCCSCC[C@H]1[C@@H](CCCCCCC(=O)O)[C@H]2CC[C@@H]1O2. The molecule has 2 rings (SSSR count). The standard InChI is InChI=1S/C23H42O3S2/c1-2-3-8-15-27-16-9-17-28-18-14-20-19(21-12-13-22(20)26-21)10-6-4-5-7-11-23(24)25/h19-22H,2-18H2,1H3,(H,24,25)/t19-,20+,21-,22+/m1/s1. The number of carboxylic acids is 1. The number of hydrogen-bond donors (Lipinski definition) is 1. The van der Waals surface area contributed by atoms with Gasteiger partial charge in [-0.2, -0.15) is 23.5 Å². The Bertz CT molecular complexity index is 419. The van der Waals surface area contributed by atoms with Crippen LogP contribution in [-0.2, 0) is 9.53 Å². The van der Waals surface area contributed by atoms with E-state index in [2.05, 4.69) is 30.4 Å². The van der Waals surface area contributed by atoms with Crippen molar-refractivity contribution in [2.45, 2.75) is 103 Å². The number of thioether (sulfide) groups is 2. The lowest BCUT2D eigenvalue weighted by Gasteiger charge is -2.28. The van der Waals surface area contributed by atoms with Crippen LogP contribution in [0.5, 0.6) is 0 Å². The first-order chi connectivity index (χ1) is 13.7. The van der Waals surface area contributed by atoms with Crippen molar-refractivity contribution in [2.75, 3.05) is 23.0 Å². The molecule has 0 aromatic rings. The quantitative estimate of drug-likeness (QED) is 0.247. The lowest BCUT2D eigenvalue weighted by Crippen LogP contribution is -2.27. The van der Waals surface area contributed by atoms with Gasteiger partial charge in [0.25, 0.3) is 0 Å². The minimum atomic E-state index is -0.658. The summed E-state index contributed by atoms with van der Waals surface area (Å²) < 4.78 is 6.26. The van der Waals surface area contributed by atoms with Crippen molar-refractivity contribution in [1.82, 2.24) is 0 Å². The number of carboxylic acid groups (broad SMARTS) is 1. The van der Waals surface area contributed by atoms with Gasteiger partial charge in [0, 0.05) is 6.42 Å². The average Bonchev–Trinajstić information content (AvgIpc) is 3.28. The molecule has 28 heavy (non-hydrogen) atoms. The van der Waals surface area contributed by atoms with Gasteiger partial charge in [-0.25, -0.2) is 0 Å². The molecule has 0 aromatic heterocycles. The fraction of sp³-hybridized carbons (Fsp3) is 0.957. The van der Waals surface area contributed by atoms with Gasteiger partial charge in [-0.3, -0.25) is 4.79 Å². The zero-order valence-corrected chi connectivity index (χ0v) is 19.5. The highest BCUT2D eigenvalue weighted by molar-refractivity contribution is 8.00. The van der Waals surface area contributed by atoms with E-state index in [-0.39, 0.29) is 0 Å². The molecule has 5 heteroatoms. The third-order valence-corrected chi connectivity index (χ3v) is 8.59. The summed E-state index contributed by atoms with van der Waals surface area (Å²) >= 11 is 4.29. The van der Waals surface area contributed by atoms with Crippen LogP contribution in [0.25, 0.3) is 0 Å². The molecule has 0 radical (unpaired) electrons. The van der Waals surface area contributed by atoms with Crippen LogP contribution in [0.3, 0.4) is 0 Å². The van der Waals surface area contributed by atoms with Gasteiger partial charge in [0.2, 0.25) is 0 Å². The van der Waals surface area contributed by atoms with E-state index in [9.17, 15) is 4.79 Å². The molecule has 0 amide bonds. The van der Waals surface area contributed by atoms with E-state index in [1.807, 2.05) is 0 Å². The minimum Gasteiger partial charge on any atom is -0.481 e. The van der Waals surface area contributed by atoms with Crippen LogP contribution in [0.1, 0.15) is 90.4 Å². The Morgan fingerprint density at radius 2 is 1.46 bits per heavy atom. The number of hydrogen-bond acceptors (Lipinski definition) is 4. The molecule has 2 fully saturated rings. The Hall–Kier alpha value is 0.130. The number of fused-ring (bicyclic) bond motifs is 2. The monoisotopic (exact) mass is 430 g/mol. The lowest BCUT2D eigenvalue weighted by atomic mass is 9.75. The van der Waals surface area contributed by atoms with E-state index in [1.54, 1.807) is 0 Å². The third-order valence-electron chi connectivity index (χ3n) is 6.33. The molecule has 0 aromatic carbocycles. The van der Waals surface area contributed by atoms with E-state index < -0.39 is 5.97 Å². The second-order valence-corrected chi connectivity index (χ2v) is 11.0. The Balaban J connectivity index is 1.50. The van der Waals surface area contributed by atoms with Crippen LogP contribution in [0.4, 0.5) is 0 Å². The number of carbonyl (C=O) groups is 1. The zero-order valence-electron chi connectivity index (χ0n) is 17.9. The van der Waals surface area contributed by atoms with Gasteiger partial charge >= 0.3 is 5.97 Å². The third kappa shape index (κ3) is 9.30. The molecular weight excluding hydrogens is 388 g/mol. The molecule has 2 aliphatic heterocycles. The highest BCUT2D eigenvalue weighted by Gasteiger charge is 2.47. The van der Waals surface area contributed by atoms with Crippen molar-refractivity contribution in [3.8, 4) is 0 Å². The molecule has 2 aliphatic rings. The van der Waals surface area contributed by atoms with Gasteiger partial charge in [0.1, 0.15) is 0 Å². The first kappa shape index (κ1) is 24.4. The van der Waals surface area contributed by atoms with E-state index in [4.69, 9.17) is 9.84 Å².